The minimum absolute atomic E-state index is 0.0386. The van der Waals surface area contributed by atoms with Crippen LogP contribution in [-0.4, -0.2) is 54.6 Å². The van der Waals surface area contributed by atoms with E-state index in [1.54, 1.807) is 36.1 Å². The van der Waals surface area contributed by atoms with E-state index in [9.17, 15) is 14.4 Å². The number of ether oxygens (including phenoxy) is 2. The predicted molar refractivity (Wildman–Crippen MR) is 130 cm³/mol. The molecule has 2 aliphatic rings. The predicted octanol–water partition coefficient (Wildman–Crippen LogP) is 3.73. The van der Waals surface area contributed by atoms with Crippen LogP contribution in [0.3, 0.4) is 0 Å². The molecule has 4 atom stereocenters. The number of carbonyl (C=O) groups excluding carboxylic acids is 3. The van der Waals surface area contributed by atoms with Crippen LogP contribution < -0.4 is 10.6 Å². The number of hydrogen-bond donors (Lipinski definition) is 2. The van der Waals surface area contributed by atoms with Crippen molar-refractivity contribution in [2.24, 2.45) is 17.8 Å². The van der Waals surface area contributed by atoms with Gasteiger partial charge in [-0.05, 0) is 30.0 Å². The second-order valence-corrected chi connectivity index (χ2v) is 9.74. The van der Waals surface area contributed by atoms with Gasteiger partial charge in [-0.3, -0.25) is 14.5 Å². The summed E-state index contributed by atoms with van der Waals surface area (Å²) >= 11 is 0. The zero-order valence-corrected chi connectivity index (χ0v) is 20.6. The van der Waals surface area contributed by atoms with E-state index < -0.39 is 12.0 Å². The van der Waals surface area contributed by atoms with Crippen molar-refractivity contribution in [3.05, 3.63) is 42.0 Å². The maximum absolute atomic E-state index is 12.6. The van der Waals surface area contributed by atoms with E-state index in [4.69, 9.17) is 9.47 Å². The molecule has 2 amide bonds. The van der Waals surface area contributed by atoms with E-state index in [1.807, 2.05) is 20.8 Å². The molecule has 1 unspecified atom stereocenters. The van der Waals surface area contributed by atoms with Crippen molar-refractivity contribution in [2.75, 3.05) is 25.0 Å². The lowest BCUT2D eigenvalue weighted by Crippen LogP contribution is -2.47. The van der Waals surface area contributed by atoms with E-state index in [0.717, 1.165) is 24.1 Å². The minimum atomic E-state index is -0.409. The first kappa shape index (κ1) is 25.9. The van der Waals surface area contributed by atoms with E-state index in [1.165, 1.54) is 0 Å². The Labute approximate surface area is 202 Å². The first-order valence-electron chi connectivity index (χ1n) is 12.0. The van der Waals surface area contributed by atoms with Crippen molar-refractivity contribution in [3.63, 3.8) is 0 Å². The van der Waals surface area contributed by atoms with Crippen LogP contribution in [0, 0.1) is 17.8 Å². The number of anilines is 1. The van der Waals surface area contributed by atoms with Crippen LogP contribution in [0.2, 0.25) is 0 Å². The van der Waals surface area contributed by atoms with Crippen LogP contribution in [0.5, 0.6) is 0 Å². The lowest BCUT2D eigenvalue weighted by atomic mass is 9.88. The Hall–Kier alpha value is -2.71. The fraction of sp³-hybridized carbons (Fsp3) is 0.577. The number of amides is 2. The van der Waals surface area contributed by atoms with E-state index in [-0.39, 0.29) is 48.8 Å². The van der Waals surface area contributed by atoms with Gasteiger partial charge in [-0.2, -0.15) is 0 Å². The number of Topliss-reactive ketones (excluding diaryl/α,β-unsaturated/α-hetero) is 1. The van der Waals surface area contributed by atoms with Gasteiger partial charge in [-0.15, -0.1) is 0 Å². The van der Waals surface area contributed by atoms with Gasteiger partial charge >= 0.3 is 6.09 Å². The average Bonchev–Trinajstić information content (AvgIpc) is 3.46. The normalized spacial score (nSPS) is 22.0. The first-order chi connectivity index (χ1) is 16.2. The van der Waals surface area contributed by atoms with Crippen LogP contribution >= 0.6 is 0 Å². The van der Waals surface area contributed by atoms with E-state index in [0.29, 0.717) is 18.8 Å². The molecule has 0 bridgehead atoms. The Morgan fingerprint density at radius 2 is 1.91 bits per heavy atom. The summed E-state index contributed by atoms with van der Waals surface area (Å²) in [6, 6.07) is 7.18. The summed E-state index contributed by atoms with van der Waals surface area (Å²) in [6.07, 6.45) is 0.255. The SMILES string of the molecule is C=C1CN[C@H](C2OCCN2C(=O)OCc2ccc(NC(=O)[C@H](C)CC(=O)[C@@H](C)C(C)C)cc2)C1. The molecule has 0 radical (unpaired) electrons. The molecule has 3 rings (SSSR count). The Morgan fingerprint density at radius 1 is 1.21 bits per heavy atom. The highest BCUT2D eigenvalue weighted by Crippen LogP contribution is 2.23. The smallest absolute Gasteiger partial charge is 0.412 e. The quantitative estimate of drug-likeness (QED) is 0.533. The van der Waals surface area contributed by atoms with Gasteiger partial charge in [0.25, 0.3) is 0 Å². The molecule has 0 aromatic heterocycles. The molecule has 0 aliphatic carbocycles. The van der Waals surface area contributed by atoms with Crippen LogP contribution in [0.1, 0.15) is 46.1 Å². The molecular weight excluding hydrogens is 434 g/mol. The topological polar surface area (TPSA) is 97.0 Å². The van der Waals surface area contributed by atoms with Gasteiger partial charge in [0.2, 0.25) is 5.91 Å². The largest absolute Gasteiger partial charge is 0.444 e. The van der Waals surface area contributed by atoms with Gasteiger partial charge in [-0.25, -0.2) is 4.79 Å². The molecule has 8 heteroatoms. The molecule has 1 aromatic rings. The second-order valence-electron chi connectivity index (χ2n) is 9.74. The molecule has 2 saturated heterocycles. The molecule has 186 valence electrons. The average molecular weight is 472 g/mol. The van der Waals surface area contributed by atoms with Crippen LogP contribution in [0.15, 0.2) is 36.4 Å². The summed E-state index contributed by atoms with van der Waals surface area (Å²) < 4.78 is 11.3. The number of nitrogens with one attached hydrogen (secondary N) is 2. The first-order valence-corrected chi connectivity index (χ1v) is 12.0. The number of rotatable bonds is 9. The van der Waals surface area contributed by atoms with Crippen molar-refractivity contribution in [1.82, 2.24) is 10.2 Å². The Bertz CT molecular complexity index is 898. The molecule has 34 heavy (non-hydrogen) atoms. The van der Waals surface area contributed by atoms with Crippen molar-refractivity contribution in [1.29, 1.82) is 0 Å². The summed E-state index contributed by atoms with van der Waals surface area (Å²) in [5.74, 6) is -0.293. The molecule has 2 aliphatic heterocycles. The summed E-state index contributed by atoms with van der Waals surface area (Å²) in [5.41, 5.74) is 2.55. The molecule has 8 nitrogen and oxygen atoms in total. The maximum Gasteiger partial charge on any atom is 0.412 e. The molecule has 0 saturated carbocycles. The summed E-state index contributed by atoms with van der Waals surface area (Å²) in [7, 11) is 0. The van der Waals surface area contributed by atoms with Crippen molar-refractivity contribution in [3.8, 4) is 0 Å². The standard InChI is InChI=1S/C26H37N3O5/c1-16(2)19(5)23(30)13-18(4)24(31)28-21-8-6-20(7-9-21)15-34-26(32)29-10-11-33-25(29)22-12-17(3)14-27-22/h6-9,16,18-19,22,25,27H,3,10-15H2,1-2,4-5H3,(H,28,31)/t18-,19+,22+,25?/m1/s1. The van der Waals surface area contributed by atoms with Gasteiger partial charge in [0.15, 0.2) is 6.23 Å². The Kier molecular flexibility index (Phi) is 8.85. The van der Waals surface area contributed by atoms with E-state index in [2.05, 4.69) is 17.2 Å². The van der Waals surface area contributed by atoms with E-state index >= 15 is 0 Å². The maximum atomic E-state index is 12.6. The van der Waals surface area contributed by atoms with Gasteiger partial charge in [0.1, 0.15) is 12.4 Å². The van der Waals surface area contributed by atoms with Crippen molar-refractivity contribution >= 4 is 23.5 Å². The number of benzene rings is 1. The van der Waals surface area contributed by atoms with Gasteiger partial charge in [-0.1, -0.05) is 52.0 Å². The van der Waals surface area contributed by atoms with Crippen molar-refractivity contribution < 1.29 is 23.9 Å². The van der Waals surface area contributed by atoms with Crippen LogP contribution in [-0.2, 0) is 25.7 Å². The molecule has 0 spiro atoms. The number of ketones is 1. The van der Waals surface area contributed by atoms with Crippen LogP contribution in [0.4, 0.5) is 10.5 Å². The number of nitrogens with zero attached hydrogens (tertiary/aromatic N) is 1. The fourth-order valence-corrected chi connectivity index (χ4v) is 4.08. The molecule has 2 N–H and O–H groups in total. The fourth-order valence-electron chi connectivity index (χ4n) is 4.08. The number of carbonyl (C=O) groups is 3. The highest BCUT2D eigenvalue weighted by molar-refractivity contribution is 5.95. The summed E-state index contributed by atoms with van der Waals surface area (Å²) in [6.45, 7) is 13.5. The third-order valence-electron chi connectivity index (χ3n) is 6.68. The van der Waals surface area contributed by atoms with Crippen molar-refractivity contribution in [2.45, 2.75) is 59.4 Å². The van der Waals surface area contributed by atoms with Gasteiger partial charge < -0.3 is 20.1 Å². The van der Waals surface area contributed by atoms with Gasteiger partial charge in [0.05, 0.1) is 19.2 Å². The lowest BCUT2D eigenvalue weighted by Gasteiger charge is -2.27. The lowest BCUT2D eigenvalue weighted by molar-refractivity contribution is -0.128. The Balaban J connectivity index is 1.46. The molecular formula is C26H37N3O5. The molecule has 1 aromatic carbocycles. The second kappa shape index (κ2) is 11.6. The highest BCUT2D eigenvalue weighted by Gasteiger charge is 2.38. The molecule has 2 fully saturated rings. The third kappa shape index (κ3) is 6.67. The summed E-state index contributed by atoms with van der Waals surface area (Å²) in [5, 5.41) is 6.18. The van der Waals surface area contributed by atoms with Crippen LogP contribution in [0.25, 0.3) is 0 Å². The zero-order chi connectivity index (χ0) is 24.8. The number of hydrogen-bond acceptors (Lipinski definition) is 6. The Morgan fingerprint density at radius 3 is 2.53 bits per heavy atom. The summed E-state index contributed by atoms with van der Waals surface area (Å²) in [4.78, 5) is 39.0. The highest BCUT2D eigenvalue weighted by atomic mass is 16.6. The monoisotopic (exact) mass is 471 g/mol. The molecule has 2 heterocycles. The zero-order valence-electron chi connectivity index (χ0n) is 20.6. The minimum Gasteiger partial charge on any atom is -0.444 e. The third-order valence-corrected chi connectivity index (χ3v) is 6.68. The van der Waals surface area contributed by atoms with Gasteiger partial charge in [0, 0.05) is 30.5 Å².